The first-order valence-corrected chi connectivity index (χ1v) is 13.3. The average molecular weight is 513 g/mol. The summed E-state index contributed by atoms with van der Waals surface area (Å²) in [4.78, 5) is 20.5. The van der Waals surface area contributed by atoms with Crippen molar-refractivity contribution in [3.05, 3.63) is 76.5 Å². The number of aryl methyl sites for hydroxylation is 3. The van der Waals surface area contributed by atoms with Crippen LogP contribution in [0, 0.1) is 33.3 Å². The van der Waals surface area contributed by atoms with Crippen LogP contribution in [0.5, 0.6) is 0 Å². The predicted molar refractivity (Wildman–Crippen MR) is 148 cm³/mol. The minimum atomic E-state index is -0.504. The Bertz CT molecular complexity index is 1360. The van der Waals surface area contributed by atoms with Gasteiger partial charge in [-0.3, -0.25) is 0 Å². The SMILES string of the molecule is [C-]#[N+]C1(c2ccc(N(CC3CN(C(=O)OC(C)(C)C)C3)c3cc(-c4c(C)noc4C)ccc3C)cc2)CC1. The highest BCUT2D eigenvalue weighted by Gasteiger charge is 2.52. The topological polar surface area (TPSA) is 63.2 Å². The van der Waals surface area contributed by atoms with E-state index in [1.165, 1.54) is 0 Å². The fourth-order valence-corrected chi connectivity index (χ4v) is 5.25. The minimum Gasteiger partial charge on any atom is -0.444 e. The van der Waals surface area contributed by atoms with E-state index in [1.54, 1.807) is 4.90 Å². The summed E-state index contributed by atoms with van der Waals surface area (Å²) < 4.78 is 11.0. The van der Waals surface area contributed by atoms with Crippen molar-refractivity contribution in [1.82, 2.24) is 10.1 Å². The van der Waals surface area contributed by atoms with Crippen molar-refractivity contribution < 1.29 is 14.1 Å². The van der Waals surface area contributed by atoms with Gasteiger partial charge in [0.1, 0.15) is 11.4 Å². The van der Waals surface area contributed by atoms with Crippen LogP contribution in [0.1, 0.15) is 56.2 Å². The third-order valence-electron chi connectivity index (χ3n) is 7.53. The van der Waals surface area contributed by atoms with Crippen molar-refractivity contribution in [2.45, 2.75) is 65.5 Å². The average Bonchev–Trinajstić information content (AvgIpc) is 3.57. The number of carbonyl (C=O) groups excluding carboxylic acids is 1. The Hall–Kier alpha value is -3.79. The predicted octanol–water partition coefficient (Wildman–Crippen LogP) is 7.18. The second kappa shape index (κ2) is 9.50. The molecular formula is C31H36N4O3. The Morgan fingerprint density at radius 2 is 1.84 bits per heavy atom. The number of hydrogen-bond acceptors (Lipinski definition) is 5. The van der Waals surface area contributed by atoms with E-state index in [0.717, 1.165) is 64.5 Å². The standard InChI is InChI=1S/C31H36N4O3/c1-20-8-9-24(28-21(2)33-38-22(28)3)16-27(20)35(19-23-17-34(18-23)29(36)37-30(4,5)6)26-12-10-25(11-13-26)31(32-7)14-15-31/h8-13,16,23H,14-15,17-19H2,1-6H3. The van der Waals surface area contributed by atoms with Crippen molar-refractivity contribution in [3.8, 4) is 11.1 Å². The summed E-state index contributed by atoms with van der Waals surface area (Å²) in [5.41, 5.74) is 6.56. The highest BCUT2D eigenvalue weighted by atomic mass is 16.6. The fraction of sp³-hybridized carbons (Fsp3) is 0.452. The highest BCUT2D eigenvalue weighted by Crippen LogP contribution is 2.50. The molecule has 0 radical (unpaired) electrons. The number of amides is 1. The van der Waals surface area contributed by atoms with E-state index in [0.29, 0.717) is 19.0 Å². The van der Waals surface area contributed by atoms with Crippen LogP contribution in [-0.2, 0) is 10.3 Å². The number of nitrogens with zero attached hydrogens (tertiary/aromatic N) is 4. The first kappa shape index (κ1) is 25.8. The van der Waals surface area contributed by atoms with E-state index >= 15 is 0 Å². The summed E-state index contributed by atoms with van der Waals surface area (Å²) in [6, 6.07) is 14.9. The maximum absolute atomic E-state index is 12.5. The molecule has 1 aromatic heterocycles. The van der Waals surface area contributed by atoms with Gasteiger partial charge < -0.3 is 23.9 Å². The van der Waals surface area contributed by atoms with Crippen LogP contribution < -0.4 is 4.90 Å². The largest absolute Gasteiger partial charge is 0.444 e. The van der Waals surface area contributed by atoms with Gasteiger partial charge in [0.2, 0.25) is 0 Å². The smallest absolute Gasteiger partial charge is 0.410 e. The van der Waals surface area contributed by atoms with Gasteiger partial charge in [-0.2, -0.15) is 0 Å². The van der Waals surface area contributed by atoms with Crippen molar-refractivity contribution in [3.63, 3.8) is 0 Å². The Morgan fingerprint density at radius 1 is 1.16 bits per heavy atom. The van der Waals surface area contributed by atoms with Gasteiger partial charge in [-0.1, -0.05) is 17.3 Å². The van der Waals surface area contributed by atoms with Crippen molar-refractivity contribution in [2.24, 2.45) is 5.92 Å². The van der Waals surface area contributed by atoms with E-state index in [2.05, 4.69) is 64.3 Å². The third-order valence-corrected chi connectivity index (χ3v) is 7.53. The van der Waals surface area contributed by atoms with Crippen LogP contribution in [0.3, 0.4) is 0 Å². The lowest BCUT2D eigenvalue weighted by atomic mass is 9.96. The summed E-state index contributed by atoms with van der Waals surface area (Å²) in [5, 5.41) is 4.15. The van der Waals surface area contributed by atoms with E-state index in [9.17, 15) is 4.79 Å². The molecule has 1 amide bonds. The zero-order valence-corrected chi connectivity index (χ0v) is 23.2. The summed E-state index contributed by atoms with van der Waals surface area (Å²) in [6.45, 7) is 21.4. The molecule has 0 spiro atoms. The molecule has 3 aromatic rings. The molecular weight excluding hydrogens is 476 g/mol. The van der Waals surface area contributed by atoms with Crippen LogP contribution in [0.15, 0.2) is 47.0 Å². The van der Waals surface area contributed by atoms with Gasteiger partial charge in [0.15, 0.2) is 0 Å². The van der Waals surface area contributed by atoms with Gasteiger partial charge in [-0.15, -0.1) is 0 Å². The lowest BCUT2D eigenvalue weighted by Crippen LogP contribution is -2.54. The number of hydrogen-bond donors (Lipinski definition) is 0. The first-order chi connectivity index (χ1) is 18.0. The number of ether oxygens (including phenoxy) is 1. The number of rotatable bonds is 6. The quantitative estimate of drug-likeness (QED) is 0.327. The van der Waals surface area contributed by atoms with Crippen LogP contribution in [0.4, 0.5) is 16.2 Å². The Morgan fingerprint density at radius 3 is 2.39 bits per heavy atom. The van der Waals surface area contributed by atoms with Crippen molar-refractivity contribution in [2.75, 3.05) is 24.5 Å². The molecule has 7 nitrogen and oxygen atoms in total. The van der Waals surface area contributed by atoms with Gasteiger partial charge in [0.05, 0.1) is 5.69 Å². The Kier molecular flexibility index (Phi) is 6.46. The number of anilines is 2. The molecule has 0 bridgehead atoms. The number of carbonyl (C=O) groups is 1. The lowest BCUT2D eigenvalue weighted by Gasteiger charge is -2.42. The third kappa shape index (κ3) is 5.00. The number of likely N-dealkylation sites (tertiary alicyclic amines) is 1. The zero-order valence-electron chi connectivity index (χ0n) is 23.2. The Balaban J connectivity index is 1.45. The zero-order chi connectivity index (χ0) is 27.2. The second-order valence-electron chi connectivity index (χ2n) is 11.8. The maximum Gasteiger partial charge on any atom is 0.410 e. The van der Waals surface area contributed by atoms with Gasteiger partial charge in [0.25, 0.3) is 5.54 Å². The molecule has 5 rings (SSSR count). The van der Waals surface area contributed by atoms with E-state index in [4.69, 9.17) is 15.8 Å². The van der Waals surface area contributed by atoms with Gasteiger partial charge >= 0.3 is 6.09 Å². The summed E-state index contributed by atoms with van der Waals surface area (Å²) in [6.07, 6.45) is 1.61. The number of aromatic nitrogens is 1. The molecule has 198 valence electrons. The molecule has 7 heteroatoms. The van der Waals surface area contributed by atoms with Crippen LogP contribution >= 0.6 is 0 Å². The van der Waals surface area contributed by atoms with Crippen molar-refractivity contribution >= 4 is 17.5 Å². The highest BCUT2D eigenvalue weighted by molar-refractivity contribution is 5.76. The molecule has 1 saturated heterocycles. The van der Waals surface area contributed by atoms with Gasteiger partial charge in [0, 0.05) is 60.9 Å². The molecule has 0 unspecified atom stereocenters. The molecule has 2 aliphatic rings. The monoisotopic (exact) mass is 512 g/mol. The summed E-state index contributed by atoms with van der Waals surface area (Å²) in [5.74, 6) is 1.11. The molecule has 0 atom stereocenters. The molecule has 0 N–H and O–H groups in total. The molecule has 2 fully saturated rings. The molecule has 1 aliphatic carbocycles. The van der Waals surface area contributed by atoms with Gasteiger partial charge in [-0.05, 0) is 83.0 Å². The van der Waals surface area contributed by atoms with E-state index < -0.39 is 5.60 Å². The van der Waals surface area contributed by atoms with Crippen LogP contribution in [0.25, 0.3) is 16.0 Å². The second-order valence-corrected chi connectivity index (χ2v) is 11.8. The van der Waals surface area contributed by atoms with Crippen LogP contribution in [-0.4, -0.2) is 41.4 Å². The maximum atomic E-state index is 12.5. The van der Waals surface area contributed by atoms with E-state index in [1.807, 2.05) is 34.6 Å². The summed E-state index contributed by atoms with van der Waals surface area (Å²) in [7, 11) is 0. The minimum absolute atomic E-state index is 0.255. The molecule has 1 aliphatic heterocycles. The Labute approximate surface area is 225 Å². The molecule has 38 heavy (non-hydrogen) atoms. The molecule has 2 heterocycles. The van der Waals surface area contributed by atoms with Gasteiger partial charge in [-0.25, -0.2) is 11.4 Å². The normalized spacial score (nSPS) is 16.5. The first-order valence-electron chi connectivity index (χ1n) is 13.3. The summed E-state index contributed by atoms with van der Waals surface area (Å²) >= 11 is 0. The van der Waals surface area contributed by atoms with E-state index in [-0.39, 0.29) is 11.6 Å². The lowest BCUT2D eigenvalue weighted by molar-refractivity contribution is 0.000328. The fourth-order valence-electron chi connectivity index (χ4n) is 5.25. The molecule has 1 saturated carbocycles. The van der Waals surface area contributed by atoms with Crippen molar-refractivity contribution in [1.29, 1.82) is 0 Å². The van der Waals surface area contributed by atoms with Crippen LogP contribution in [0.2, 0.25) is 0 Å². The molecule has 2 aromatic carbocycles. The number of benzene rings is 2.